The van der Waals surface area contributed by atoms with E-state index in [1.54, 1.807) is 41.3 Å². The molecule has 0 spiro atoms. The molecule has 228 valence electrons. The van der Waals surface area contributed by atoms with E-state index in [1.165, 1.54) is 24.7 Å². The van der Waals surface area contributed by atoms with E-state index in [0.717, 1.165) is 12.8 Å². The Kier molecular flexibility index (Phi) is 10.4. The predicted molar refractivity (Wildman–Crippen MR) is 164 cm³/mol. The van der Waals surface area contributed by atoms with Gasteiger partial charge < -0.3 is 25.0 Å². The van der Waals surface area contributed by atoms with Gasteiger partial charge in [-0.2, -0.15) is 0 Å². The Morgan fingerprint density at radius 2 is 1.88 bits per heavy atom. The first-order valence-electron chi connectivity index (χ1n) is 13.7. The molecule has 3 aromatic rings. The van der Waals surface area contributed by atoms with E-state index in [4.69, 9.17) is 21.1 Å². The lowest BCUT2D eigenvalue weighted by Gasteiger charge is -2.34. The third-order valence-electron chi connectivity index (χ3n) is 6.41. The summed E-state index contributed by atoms with van der Waals surface area (Å²) in [5.74, 6) is -0.619. The lowest BCUT2D eigenvalue weighted by Crippen LogP contribution is -2.44. The van der Waals surface area contributed by atoms with Crippen molar-refractivity contribution in [2.45, 2.75) is 44.1 Å². The molecule has 3 amide bonds. The van der Waals surface area contributed by atoms with Crippen LogP contribution >= 0.6 is 11.6 Å². The number of halogens is 1. The van der Waals surface area contributed by atoms with Gasteiger partial charge in [0.25, 0.3) is 11.8 Å². The minimum Gasteiger partial charge on any atom is -0.492 e. The van der Waals surface area contributed by atoms with Crippen LogP contribution in [0.3, 0.4) is 0 Å². The molecule has 11 nitrogen and oxygen atoms in total. The number of benzene rings is 1. The largest absolute Gasteiger partial charge is 0.492 e. The van der Waals surface area contributed by atoms with Crippen LogP contribution in [0.1, 0.15) is 54.5 Å². The summed E-state index contributed by atoms with van der Waals surface area (Å²) in [5, 5.41) is 5.80. The summed E-state index contributed by atoms with van der Waals surface area (Å²) in [7, 11) is -1.32. The summed E-state index contributed by atoms with van der Waals surface area (Å²) in [4.78, 5) is 49.4. The van der Waals surface area contributed by atoms with E-state index in [1.807, 2.05) is 20.8 Å². The number of carbonyl (C=O) groups is 3. The summed E-state index contributed by atoms with van der Waals surface area (Å²) >= 11 is 5.87. The molecule has 1 fully saturated rings. The average molecular weight is 628 g/mol. The molecule has 1 saturated heterocycles. The van der Waals surface area contributed by atoms with E-state index in [9.17, 15) is 18.6 Å². The molecule has 0 aliphatic carbocycles. The van der Waals surface area contributed by atoms with Crippen molar-refractivity contribution in [1.29, 1.82) is 0 Å². The van der Waals surface area contributed by atoms with Gasteiger partial charge in [-0.25, -0.2) is 14.8 Å². The second-order valence-corrected chi connectivity index (χ2v) is 12.8. The lowest BCUT2D eigenvalue weighted by atomic mass is 9.99. The number of carbonyl (C=O) groups excluding carboxylic acids is 3. The third-order valence-corrected chi connectivity index (χ3v) is 7.56. The Balaban J connectivity index is 1.49. The Morgan fingerprint density at radius 3 is 2.58 bits per heavy atom. The number of piperidine rings is 1. The molecule has 0 radical (unpaired) electrons. The number of pyridine rings is 2. The molecule has 2 aromatic heterocycles. The second-order valence-electron chi connectivity index (χ2n) is 11.0. The molecule has 4 rings (SSSR count). The molecule has 2 unspecified atom stereocenters. The van der Waals surface area contributed by atoms with Crippen LogP contribution in [0.25, 0.3) is 0 Å². The highest BCUT2D eigenvalue weighted by Crippen LogP contribution is 2.27. The van der Waals surface area contributed by atoms with Crippen molar-refractivity contribution in [1.82, 2.24) is 14.9 Å². The van der Waals surface area contributed by atoms with E-state index >= 15 is 0 Å². The normalized spacial score (nSPS) is 15.7. The zero-order valence-corrected chi connectivity index (χ0v) is 26.0. The van der Waals surface area contributed by atoms with Gasteiger partial charge in [0.1, 0.15) is 17.2 Å². The molecule has 1 aliphatic rings. The van der Waals surface area contributed by atoms with Crippen LogP contribution in [-0.4, -0.2) is 68.5 Å². The number of amides is 3. The fourth-order valence-corrected chi connectivity index (χ4v) is 5.04. The number of hydrogen-bond donors (Lipinski definition) is 2. The Bertz CT molecular complexity index is 1510. The topological polar surface area (TPSA) is 140 Å². The van der Waals surface area contributed by atoms with Gasteiger partial charge in [-0.05, 0) is 76.1 Å². The monoisotopic (exact) mass is 627 g/mol. The van der Waals surface area contributed by atoms with Crippen molar-refractivity contribution in [3.8, 4) is 5.75 Å². The first-order chi connectivity index (χ1) is 20.4. The van der Waals surface area contributed by atoms with Crippen molar-refractivity contribution in [2.75, 3.05) is 36.6 Å². The van der Waals surface area contributed by atoms with E-state index in [2.05, 4.69) is 20.6 Å². The van der Waals surface area contributed by atoms with Crippen LogP contribution < -0.4 is 15.4 Å². The molecule has 0 bridgehead atoms. The number of anilines is 2. The maximum absolute atomic E-state index is 13.5. The van der Waals surface area contributed by atoms with Gasteiger partial charge in [0, 0.05) is 53.4 Å². The molecular formula is C30H34ClN5O6S. The lowest BCUT2D eigenvalue weighted by molar-refractivity contribution is 0.0139. The number of nitrogens with one attached hydrogen (secondary N) is 2. The smallest absolute Gasteiger partial charge is 0.410 e. The number of hydrogen-bond acceptors (Lipinski definition) is 8. The molecule has 43 heavy (non-hydrogen) atoms. The van der Waals surface area contributed by atoms with Crippen molar-refractivity contribution in [2.24, 2.45) is 5.92 Å². The Hall–Kier alpha value is -4.03. The van der Waals surface area contributed by atoms with E-state index < -0.39 is 28.2 Å². The molecular weight excluding hydrogens is 594 g/mol. The summed E-state index contributed by atoms with van der Waals surface area (Å²) < 4.78 is 23.9. The molecule has 1 aliphatic heterocycles. The van der Waals surface area contributed by atoms with Crippen LogP contribution in [0.5, 0.6) is 5.75 Å². The SMILES string of the molecule is CS(=O)c1ccc(C(=O)Nc2cccnc2C(=O)Nc2ccc(Cl)cn2)c(OCC2CCCN(C(=O)OC(C)(C)C)C2)c1. The minimum absolute atomic E-state index is 0.00283. The van der Waals surface area contributed by atoms with E-state index in [-0.39, 0.29) is 47.1 Å². The fourth-order valence-electron chi connectivity index (χ4n) is 4.39. The van der Waals surface area contributed by atoms with Crippen LogP contribution in [0.4, 0.5) is 16.3 Å². The van der Waals surface area contributed by atoms with Crippen molar-refractivity contribution in [3.05, 3.63) is 71.1 Å². The maximum atomic E-state index is 13.5. The van der Waals surface area contributed by atoms with Crippen LogP contribution in [-0.2, 0) is 15.5 Å². The quantitative estimate of drug-likeness (QED) is 0.338. The van der Waals surface area contributed by atoms with Crippen molar-refractivity contribution in [3.63, 3.8) is 0 Å². The summed E-state index contributed by atoms with van der Waals surface area (Å²) in [6.45, 7) is 6.75. The van der Waals surface area contributed by atoms with Gasteiger partial charge in [-0.3, -0.25) is 13.8 Å². The number of rotatable bonds is 8. The first-order valence-corrected chi connectivity index (χ1v) is 15.6. The second kappa shape index (κ2) is 14.0. The number of likely N-dealkylation sites (tertiary alicyclic amines) is 1. The zero-order valence-electron chi connectivity index (χ0n) is 24.4. The minimum atomic E-state index is -1.32. The van der Waals surface area contributed by atoms with Crippen LogP contribution in [0, 0.1) is 5.92 Å². The van der Waals surface area contributed by atoms with Gasteiger partial charge >= 0.3 is 6.09 Å². The van der Waals surface area contributed by atoms with Crippen LogP contribution in [0.15, 0.2) is 59.8 Å². The summed E-state index contributed by atoms with van der Waals surface area (Å²) in [6.07, 6.45) is 5.62. The molecule has 13 heteroatoms. The molecule has 2 atom stereocenters. The highest BCUT2D eigenvalue weighted by molar-refractivity contribution is 7.84. The van der Waals surface area contributed by atoms with E-state index in [0.29, 0.717) is 23.0 Å². The van der Waals surface area contributed by atoms with Gasteiger partial charge in [0.2, 0.25) is 0 Å². The van der Waals surface area contributed by atoms with Gasteiger partial charge in [-0.15, -0.1) is 0 Å². The number of aromatic nitrogens is 2. The predicted octanol–water partition coefficient (Wildman–Crippen LogP) is 5.40. The van der Waals surface area contributed by atoms with Crippen molar-refractivity contribution >= 4 is 51.8 Å². The number of nitrogens with zero attached hydrogens (tertiary/aromatic N) is 3. The van der Waals surface area contributed by atoms with Gasteiger partial charge in [0.05, 0.1) is 22.9 Å². The molecule has 2 N–H and O–H groups in total. The average Bonchev–Trinajstić information content (AvgIpc) is 2.96. The Morgan fingerprint density at radius 1 is 1.09 bits per heavy atom. The highest BCUT2D eigenvalue weighted by atomic mass is 35.5. The Labute approximate surface area is 257 Å². The third kappa shape index (κ3) is 8.98. The van der Waals surface area contributed by atoms with Gasteiger partial charge in [0.15, 0.2) is 5.69 Å². The van der Waals surface area contributed by atoms with Crippen LogP contribution in [0.2, 0.25) is 5.02 Å². The zero-order chi connectivity index (χ0) is 31.1. The first kappa shape index (κ1) is 31.9. The summed E-state index contributed by atoms with van der Waals surface area (Å²) in [5.41, 5.74) is -0.261. The summed E-state index contributed by atoms with van der Waals surface area (Å²) in [6, 6.07) is 11.0. The highest BCUT2D eigenvalue weighted by Gasteiger charge is 2.28. The maximum Gasteiger partial charge on any atom is 0.410 e. The molecule has 0 saturated carbocycles. The molecule has 3 heterocycles. The number of ether oxygens (including phenoxy) is 2. The molecule has 1 aromatic carbocycles. The standard InChI is InChI=1S/C30H34ClN5O6S/c1-30(2,3)42-29(39)36-14-6-7-19(17-36)18-41-24-15-21(43(4)40)10-11-22(24)27(37)34-23-8-5-13-32-26(23)28(38)35-25-12-9-20(31)16-33-25/h5,8-13,15-16,19H,6-7,14,17-18H2,1-4H3,(H,34,37)(H,33,35,38). The fraction of sp³-hybridized carbons (Fsp3) is 0.367. The van der Waals surface area contributed by atoms with Gasteiger partial charge in [-0.1, -0.05) is 11.6 Å². The van der Waals surface area contributed by atoms with Crippen molar-refractivity contribution < 1.29 is 28.1 Å².